The van der Waals surface area contributed by atoms with E-state index in [0.717, 1.165) is 16.7 Å². The molecule has 2 atom stereocenters. The van der Waals surface area contributed by atoms with Crippen LogP contribution in [0, 0.1) is 13.8 Å². The second-order valence-electron chi connectivity index (χ2n) is 12.3. The molecule has 0 aliphatic carbocycles. The van der Waals surface area contributed by atoms with Crippen LogP contribution in [0.3, 0.4) is 0 Å². The Morgan fingerprint density at radius 3 is 2.00 bits per heavy atom. The summed E-state index contributed by atoms with van der Waals surface area (Å²) < 4.78 is 10.9. The Labute approximate surface area is 249 Å². The van der Waals surface area contributed by atoms with E-state index in [0.29, 0.717) is 5.56 Å². The number of carbonyl (C=O) groups is 4. The maximum atomic E-state index is 14.1. The van der Waals surface area contributed by atoms with E-state index in [2.05, 4.69) is 17.2 Å². The number of nitrogens with one attached hydrogen (secondary N) is 2. The van der Waals surface area contributed by atoms with Crippen LogP contribution in [-0.4, -0.2) is 59.1 Å². The van der Waals surface area contributed by atoms with Gasteiger partial charge in [-0.2, -0.15) is 0 Å². The molecule has 3 amide bonds. The predicted molar refractivity (Wildman–Crippen MR) is 163 cm³/mol. The average molecular weight is 580 g/mol. The number of aryl methyl sites for hydroxylation is 2. The highest BCUT2D eigenvalue weighted by Gasteiger charge is 2.35. The molecule has 0 aliphatic rings. The van der Waals surface area contributed by atoms with Gasteiger partial charge in [-0.3, -0.25) is 9.59 Å². The summed E-state index contributed by atoms with van der Waals surface area (Å²) in [6.45, 7) is 17.6. The highest BCUT2D eigenvalue weighted by molar-refractivity contribution is 5.93. The van der Waals surface area contributed by atoms with Crippen LogP contribution < -0.4 is 10.6 Å². The summed E-state index contributed by atoms with van der Waals surface area (Å²) in [6, 6.07) is 12.7. The van der Waals surface area contributed by atoms with Gasteiger partial charge in [0.2, 0.25) is 11.8 Å². The van der Waals surface area contributed by atoms with Gasteiger partial charge < -0.3 is 25.0 Å². The second-order valence-corrected chi connectivity index (χ2v) is 12.3. The zero-order valence-electron chi connectivity index (χ0n) is 26.1. The topological polar surface area (TPSA) is 114 Å². The van der Waals surface area contributed by atoms with Gasteiger partial charge in [-0.15, -0.1) is 6.58 Å². The van der Waals surface area contributed by atoms with Gasteiger partial charge in [0, 0.05) is 13.0 Å². The van der Waals surface area contributed by atoms with Crippen LogP contribution in [0.25, 0.3) is 0 Å². The summed E-state index contributed by atoms with van der Waals surface area (Å²) >= 11 is 0. The smallest absolute Gasteiger partial charge is 0.408 e. The van der Waals surface area contributed by atoms with Crippen LogP contribution in [0.15, 0.2) is 61.2 Å². The normalized spacial score (nSPS) is 12.9. The average Bonchev–Trinajstić information content (AvgIpc) is 2.84. The lowest BCUT2D eigenvalue weighted by atomic mass is 9.98. The monoisotopic (exact) mass is 579 g/mol. The number of amides is 3. The lowest BCUT2D eigenvalue weighted by molar-refractivity contribution is -0.159. The van der Waals surface area contributed by atoms with E-state index < -0.39 is 53.7 Å². The number of ether oxygens (including phenoxy) is 2. The van der Waals surface area contributed by atoms with Gasteiger partial charge >= 0.3 is 12.1 Å². The maximum Gasteiger partial charge on any atom is 0.408 e. The molecule has 0 spiro atoms. The van der Waals surface area contributed by atoms with Gasteiger partial charge in [0.25, 0.3) is 0 Å². The van der Waals surface area contributed by atoms with Gasteiger partial charge in [0.1, 0.15) is 29.8 Å². The largest absolute Gasteiger partial charge is 0.458 e. The van der Waals surface area contributed by atoms with Crippen LogP contribution in [0.5, 0.6) is 0 Å². The molecule has 0 heterocycles. The fourth-order valence-electron chi connectivity index (χ4n) is 4.36. The van der Waals surface area contributed by atoms with Crippen molar-refractivity contribution in [3.63, 3.8) is 0 Å². The van der Waals surface area contributed by atoms with Gasteiger partial charge in [-0.05, 0) is 66.5 Å². The zero-order chi connectivity index (χ0) is 31.7. The number of nitrogens with zero attached hydrogens (tertiary/aromatic N) is 1. The van der Waals surface area contributed by atoms with Crippen molar-refractivity contribution in [2.24, 2.45) is 0 Å². The van der Waals surface area contributed by atoms with Crippen molar-refractivity contribution in [1.82, 2.24) is 15.5 Å². The van der Waals surface area contributed by atoms with Crippen LogP contribution in [0.4, 0.5) is 4.79 Å². The predicted octanol–water partition coefficient (Wildman–Crippen LogP) is 4.95. The molecule has 0 bridgehead atoms. The number of esters is 1. The summed E-state index contributed by atoms with van der Waals surface area (Å²) in [5, 5.41) is 5.33. The van der Waals surface area contributed by atoms with Crippen LogP contribution >= 0.6 is 0 Å². The third kappa shape index (κ3) is 11.4. The summed E-state index contributed by atoms with van der Waals surface area (Å²) in [7, 11) is 0. The van der Waals surface area contributed by atoms with E-state index in [9.17, 15) is 19.2 Å². The van der Waals surface area contributed by atoms with Crippen LogP contribution in [0.1, 0.15) is 69.8 Å². The van der Waals surface area contributed by atoms with Gasteiger partial charge in [-0.25, -0.2) is 9.59 Å². The molecule has 0 saturated carbocycles. The third-order valence-corrected chi connectivity index (χ3v) is 5.84. The first kappa shape index (κ1) is 34.1. The quantitative estimate of drug-likeness (QED) is 0.288. The zero-order valence-corrected chi connectivity index (χ0v) is 26.1. The summed E-state index contributed by atoms with van der Waals surface area (Å²) in [6.07, 6.45) is 0.940. The van der Waals surface area contributed by atoms with Crippen molar-refractivity contribution >= 4 is 23.9 Å². The summed E-state index contributed by atoms with van der Waals surface area (Å²) in [4.78, 5) is 54.5. The minimum atomic E-state index is -1.13. The summed E-state index contributed by atoms with van der Waals surface area (Å²) in [5.41, 5.74) is 1.66. The van der Waals surface area contributed by atoms with E-state index >= 15 is 0 Å². The first-order valence-electron chi connectivity index (χ1n) is 14.0. The Hall–Kier alpha value is -4.14. The molecule has 0 fully saturated rings. The molecule has 2 rings (SSSR count). The molecule has 9 nitrogen and oxygen atoms in total. The van der Waals surface area contributed by atoms with Gasteiger partial charge in [-0.1, -0.05) is 65.7 Å². The highest BCUT2D eigenvalue weighted by Crippen LogP contribution is 2.25. The molecule has 2 aromatic rings. The Balaban J connectivity index is 2.48. The van der Waals surface area contributed by atoms with E-state index in [4.69, 9.17) is 9.47 Å². The molecule has 0 radical (unpaired) electrons. The molecular formula is C33H45N3O6. The van der Waals surface area contributed by atoms with Crippen molar-refractivity contribution in [3.05, 3.63) is 83.4 Å². The molecular weight excluding hydrogens is 534 g/mol. The number of alkyl carbamates (subject to hydrolysis) is 1. The number of benzene rings is 2. The highest BCUT2D eigenvalue weighted by atomic mass is 16.6. The molecule has 42 heavy (non-hydrogen) atoms. The first-order valence-corrected chi connectivity index (χ1v) is 14.0. The number of hydrogen-bond acceptors (Lipinski definition) is 6. The minimum absolute atomic E-state index is 0.00962. The third-order valence-electron chi connectivity index (χ3n) is 5.84. The van der Waals surface area contributed by atoms with Crippen molar-refractivity contribution in [1.29, 1.82) is 0 Å². The van der Waals surface area contributed by atoms with Crippen molar-refractivity contribution in [3.8, 4) is 0 Å². The van der Waals surface area contributed by atoms with Crippen molar-refractivity contribution in [2.45, 2.75) is 85.1 Å². The van der Waals surface area contributed by atoms with Gasteiger partial charge in [0.15, 0.2) is 0 Å². The number of rotatable bonds is 11. The lowest BCUT2D eigenvalue weighted by Crippen LogP contribution is -2.52. The van der Waals surface area contributed by atoms with E-state index in [-0.39, 0.29) is 13.0 Å². The fourth-order valence-corrected chi connectivity index (χ4v) is 4.36. The number of hydrogen-bond donors (Lipinski definition) is 2. The van der Waals surface area contributed by atoms with E-state index in [1.807, 2.05) is 62.4 Å². The molecule has 0 aliphatic heterocycles. The molecule has 228 valence electrons. The Morgan fingerprint density at radius 1 is 0.905 bits per heavy atom. The molecule has 9 heteroatoms. The van der Waals surface area contributed by atoms with Gasteiger partial charge in [0.05, 0.1) is 0 Å². The summed E-state index contributed by atoms with van der Waals surface area (Å²) in [5.74, 6) is -1.69. The Bertz CT molecular complexity index is 1240. The second kappa shape index (κ2) is 14.7. The SMILES string of the molecule is C=CCN(C(=O)CNC(=O)OC(C)(C)C)C(C(=O)NC(Cc1ccccc1)C(=O)OC(C)(C)C)c1cc(C)cc(C)c1. The molecule has 0 saturated heterocycles. The number of carbonyl (C=O) groups excluding carboxylic acids is 4. The molecule has 0 aromatic heterocycles. The van der Waals surface area contributed by atoms with E-state index in [1.165, 1.54) is 11.0 Å². The Kier molecular flexibility index (Phi) is 11.9. The molecule has 2 N–H and O–H groups in total. The van der Waals surface area contributed by atoms with E-state index in [1.54, 1.807) is 41.5 Å². The standard InChI is InChI=1S/C33H45N3O6/c1-10-16-36(27(37)21-34-31(40)42-33(7,8)9)28(25-18-22(2)17-23(3)19-25)29(38)35-26(30(39)41-32(4,5)6)20-24-14-12-11-13-15-24/h10-15,17-19,26,28H,1,16,20-21H2,2-9H3,(H,34,40)(H,35,38). The fraction of sp³-hybridized carbons (Fsp3) is 0.455. The minimum Gasteiger partial charge on any atom is -0.458 e. The van der Waals surface area contributed by atoms with Crippen LogP contribution in [0.2, 0.25) is 0 Å². The molecule has 2 unspecified atom stereocenters. The van der Waals surface area contributed by atoms with Crippen molar-refractivity contribution in [2.75, 3.05) is 13.1 Å². The van der Waals surface area contributed by atoms with Crippen molar-refractivity contribution < 1.29 is 28.7 Å². The maximum absolute atomic E-state index is 14.1. The lowest BCUT2D eigenvalue weighted by Gasteiger charge is -2.33. The van der Waals surface area contributed by atoms with Crippen LogP contribution in [-0.2, 0) is 30.3 Å². The Morgan fingerprint density at radius 2 is 1.48 bits per heavy atom. The molecule has 2 aromatic carbocycles. The first-order chi connectivity index (χ1) is 19.5.